The molecule has 1 rings (SSSR count). The van der Waals surface area contributed by atoms with E-state index in [4.69, 9.17) is 16.7 Å². The van der Waals surface area contributed by atoms with Gasteiger partial charge in [-0.1, -0.05) is 37.1 Å². The summed E-state index contributed by atoms with van der Waals surface area (Å²) in [6, 6.07) is 5.86. The largest absolute Gasteiger partial charge is 0.480 e. The Morgan fingerprint density at radius 3 is 2.47 bits per heavy atom. The first-order valence-corrected chi connectivity index (χ1v) is 7.05. The number of sulfone groups is 1. The molecule has 0 amide bonds. The molecule has 0 saturated carbocycles. The number of halogens is 1. The third kappa shape index (κ3) is 2.98. The lowest BCUT2D eigenvalue weighted by Crippen LogP contribution is -2.30. The smallest absolute Gasteiger partial charge is 0.322 e. The molecule has 0 aromatic heterocycles. The van der Waals surface area contributed by atoms with Crippen LogP contribution in [-0.4, -0.2) is 24.7 Å². The first-order valence-electron chi connectivity index (χ1n) is 5.12. The lowest BCUT2D eigenvalue weighted by molar-refractivity contribution is -0.136. The lowest BCUT2D eigenvalue weighted by Gasteiger charge is -2.13. The molecule has 4 nitrogen and oxygen atoms in total. The van der Waals surface area contributed by atoms with Crippen LogP contribution in [0.5, 0.6) is 0 Å². The van der Waals surface area contributed by atoms with Gasteiger partial charge in [-0.2, -0.15) is 0 Å². The molecular formula is C11H13ClO4S. The third-order valence-corrected chi connectivity index (χ3v) is 4.94. The van der Waals surface area contributed by atoms with Gasteiger partial charge in [0.15, 0.2) is 15.1 Å². The van der Waals surface area contributed by atoms with Crippen LogP contribution in [0.15, 0.2) is 29.2 Å². The highest BCUT2D eigenvalue weighted by molar-refractivity contribution is 7.92. The number of hydrogen-bond donors (Lipinski definition) is 1. The van der Waals surface area contributed by atoms with E-state index in [2.05, 4.69) is 0 Å². The van der Waals surface area contributed by atoms with Crippen molar-refractivity contribution in [2.45, 2.75) is 29.9 Å². The van der Waals surface area contributed by atoms with Crippen molar-refractivity contribution in [3.63, 3.8) is 0 Å². The van der Waals surface area contributed by atoms with Crippen molar-refractivity contribution >= 4 is 27.4 Å². The molecule has 0 aliphatic carbocycles. The van der Waals surface area contributed by atoms with Crippen LogP contribution in [0.4, 0.5) is 0 Å². The maximum atomic E-state index is 12.1. The van der Waals surface area contributed by atoms with E-state index in [9.17, 15) is 13.2 Å². The summed E-state index contributed by atoms with van der Waals surface area (Å²) >= 11 is 5.79. The second kappa shape index (κ2) is 5.51. The van der Waals surface area contributed by atoms with E-state index in [1.807, 2.05) is 0 Å². The molecule has 0 aliphatic rings. The van der Waals surface area contributed by atoms with Crippen molar-refractivity contribution in [1.29, 1.82) is 0 Å². The van der Waals surface area contributed by atoms with E-state index in [1.54, 1.807) is 13.0 Å². The predicted molar refractivity (Wildman–Crippen MR) is 65.0 cm³/mol. The minimum Gasteiger partial charge on any atom is -0.480 e. The van der Waals surface area contributed by atoms with Crippen molar-refractivity contribution in [3.05, 3.63) is 29.3 Å². The zero-order chi connectivity index (χ0) is 13.1. The van der Waals surface area contributed by atoms with Gasteiger partial charge in [0.05, 0.1) is 9.92 Å². The van der Waals surface area contributed by atoms with Gasteiger partial charge in [-0.3, -0.25) is 4.79 Å². The molecular weight excluding hydrogens is 264 g/mol. The van der Waals surface area contributed by atoms with Gasteiger partial charge in [-0.25, -0.2) is 8.42 Å². The van der Waals surface area contributed by atoms with Crippen LogP contribution in [0.25, 0.3) is 0 Å². The Balaban J connectivity index is 3.27. The quantitative estimate of drug-likeness (QED) is 0.896. The summed E-state index contributed by atoms with van der Waals surface area (Å²) < 4.78 is 24.2. The van der Waals surface area contributed by atoms with Crippen molar-refractivity contribution in [2.75, 3.05) is 0 Å². The van der Waals surface area contributed by atoms with Crippen LogP contribution in [-0.2, 0) is 14.6 Å². The van der Waals surface area contributed by atoms with E-state index in [0.717, 1.165) is 0 Å². The maximum absolute atomic E-state index is 12.1. The molecule has 6 heteroatoms. The lowest BCUT2D eigenvalue weighted by atomic mass is 10.2. The molecule has 0 spiro atoms. The van der Waals surface area contributed by atoms with Gasteiger partial charge < -0.3 is 5.11 Å². The Kier molecular flexibility index (Phi) is 4.54. The highest BCUT2D eigenvalue weighted by Gasteiger charge is 2.34. The molecule has 1 atom stereocenters. The molecule has 1 unspecified atom stereocenters. The van der Waals surface area contributed by atoms with Gasteiger partial charge in [0.2, 0.25) is 0 Å². The van der Waals surface area contributed by atoms with E-state index < -0.39 is 21.1 Å². The molecule has 0 bridgehead atoms. The number of rotatable bonds is 5. The zero-order valence-electron chi connectivity index (χ0n) is 9.26. The minimum absolute atomic E-state index is 0.0508. The Bertz CT molecular complexity index is 510. The van der Waals surface area contributed by atoms with Gasteiger partial charge in [0.1, 0.15) is 0 Å². The Morgan fingerprint density at radius 2 is 2.00 bits per heavy atom. The first-order chi connectivity index (χ1) is 7.91. The zero-order valence-corrected chi connectivity index (χ0v) is 10.8. The standard InChI is InChI=1S/C11H13ClO4S/c1-2-5-10(11(13)14)17(15,16)9-7-4-3-6-8(9)12/h3-4,6-7,10H,2,5H2,1H3,(H,13,14). The predicted octanol–water partition coefficient (Wildman–Crippen LogP) is 2.37. The summed E-state index contributed by atoms with van der Waals surface area (Å²) in [4.78, 5) is 10.9. The van der Waals surface area contributed by atoms with Crippen LogP contribution in [0.1, 0.15) is 19.8 Å². The average molecular weight is 277 g/mol. The van der Waals surface area contributed by atoms with Crippen LogP contribution >= 0.6 is 11.6 Å². The fraction of sp³-hybridized carbons (Fsp3) is 0.364. The van der Waals surface area contributed by atoms with Crippen LogP contribution in [0.2, 0.25) is 5.02 Å². The van der Waals surface area contributed by atoms with Crippen molar-refractivity contribution in [1.82, 2.24) is 0 Å². The van der Waals surface area contributed by atoms with Crippen molar-refractivity contribution < 1.29 is 18.3 Å². The third-order valence-electron chi connectivity index (χ3n) is 2.34. The van der Waals surface area contributed by atoms with E-state index in [1.165, 1.54) is 18.2 Å². The van der Waals surface area contributed by atoms with Gasteiger partial charge in [0, 0.05) is 0 Å². The highest BCUT2D eigenvalue weighted by Crippen LogP contribution is 2.26. The SMILES string of the molecule is CCCC(C(=O)O)S(=O)(=O)c1ccccc1Cl. The summed E-state index contributed by atoms with van der Waals surface area (Å²) in [6.07, 6.45) is 0.545. The molecule has 0 aliphatic heterocycles. The van der Waals surface area contributed by atoms with Gasteiger partial charge in [-0.05, 0) is 18.6 Å². The minimum atomic E-state index is -3.92. The van der Waals surface area contributed by atoms with Crippen LogP contribution in [0.3, 0.4) is 0 Å². The average Bonchev–Trinajstić information content (AvgIpc) is 2.25. The van der Waals surface area contributed by atoms with E-state index >= 15 is 0 Å². The number of benzene rings is 1. The summed E-state index contributed by atoms with van der Waals surface area (Å²) in [6.45, 7) is 1.73. The Hall–Kier alpha value is -1.07. The summed E-state index contributed by atoms with van der Waals surface area (Å²) in [5.74, 6) is -1.34. The van der Waals surface area contributed by atoms with Crippen LogP contribution in [0, 0.1) is 0 Å². The fourth-order valence-electron chi connectivity index (χ4n) is 1.50. The summed E-state index contributed by atoms with van der Waals surface area (Å²) in [7, 11) is -3.92. The van der Waals surface area contributed by atoms with E-state index in [0.29, 0.717) is 6.42 Å². The number of carbonyl (C=O) groups is 1. The Labute approximate surface area is 105 Å². The molecule has 1 aromatic rings. The number of carboxylic acids is 1. The normalized spacial score (nSPS) is 13.3. The molecule has 1 aromatic carbocycles. The molecule has 1 N–H and O–H groups in total. The second-order valence-corrected chi connectivity index (χ2v) is 6.10. The highest BCUT2D eigenvalue weighted by atomic mass is 35.5. The topological polar surface area (TPSA) is 71.4 Å². The monoisotopic (exact) mass is 276 g/mol. The molecule has 94 valence electrons. The molecule has 17 heavy (non-hydrogen) atoms. The summed E-state index contributed by atoms with van der Waals surface area (Å²) in [5.41, 5.74) is 0. The summed E-state index contributed by atoms with van der Waals surface area (Å²) in [5, 5.41) is 7.58. The van der Waals surface area contributed by atoms with Gasteiger partial charge in [-0.15, -0.1) is 0 Å². The molecule has 0 radical (unpaired) electrons. The molecule has 0 fully saturated rings. The van der Waals surface area contributed by atoms with Crippen molar-refractivity contribution in [2.24, 2.45) is 0 Å². The van der Waals surface area contributed by atoms with Crippen molar-refractivity contribution in [3.8, 4) is 0 Å². The number of hydrogen-bond acceptors (Lipinski definition) is 3. The number of carboxylic acid groups (broad SMARTS) is 1. The van der Waals surface area contributed by atoms with E-state index in [-0.39, 0.29) is 16.3 Å². The molecule has 0 heterocycles. The maximum Gasteiger partial charge on any atom is 0.322 e. The fourth-order valence-corrected chi connectivity index (χ4v) is 3.69. The number of aliphatic carboxylic acids is 1. The van der Waals surface area contributed by atoms with Crippen LogP contribution < -0.4 is 0 Å². The van der Waals surface area contributed by atoms with Gasteiger partial charge >= 0.3 is 5.97 Å². The Morgan fingerprint density at radius 1 is 1.41 bits per heavy atom. The first kappa shape index (κ1) is 14.0. The van der Waals surface area contributed by atoms with Gasteiger partial charge in [0.25, 0.3) is 0 Å². The second-order valence-electron chi connectivity index (χ2n) is 3.59. The molecule has 0 saturated heterocycles.